The van der Waals surface area contributed by atoms with E-state index in [1.807, 2.05) is 17.4 Å². The molecule has 1 N–H and O–H groups in total. The Morgan fingerprint density at radius 2 is 2.14 bits per heavy atom. The molecule has 0 fully saturated rings. The van der Waals surface area contributed by atoms with Gasteiger partial charge in [0.25, 0.3) is 0 Å². The molecule has 2 nitrogen and oxygen atoms in total. The Morgan fingerprint density at radius 1 is 1.24 bits per heavy atom. The molecular formula is C18H25NOS. The van der Waals surface area contributed by atoms with Crippen LogP contribution in [0.1, 0.15) is 30.2 Å². The van der Waals surface area contributed by atoms with Crippen LogP contribution in [0.15, 0.2) is 41.8 Å². The minimum Gasteiger partial charge on any atom is -0.497 e. The first kappa shape index (κ1) is 16.1. The van der Waals surface area contributed by atoms with E-state index in [1.54, 1.807) is 7.11 Å². The van der Waals surface area contributed by atoms with E-state index in [4.69, 9.17) is 4.74 Å². The second kappa shape index (κ2) is 8.85. The highest BCUT2D eigenvalue weighted by atomic mass is 32.1. The molecule has 0 saturated carbocycles. The van der Waals surface area contributed by atoms with Crippen LogP contribution >= 0.6 is 11.3 Å². The lowest BCUT2D eigenvalue weighted by atomic mass is 10.0. The molecule has 0 spiro atoms. The predicted molar refractivity (Wildman–Crippen MR) is 91.4 cm³/mol. The highest BCUT2D eigenvalue weighted by Crippen LogP contribution is 2.17. The minimum absolute atomic E-state index is 0.527. The zero-order chi connectivity index (χ0) is 14.9. The topological polar surface area (TPSA) is 21.3 Å². The number of aryl methyl sites for hydroxylation is 1. The van der Waals surface area contributed by atoms with E-state index >= 15 is 0 Å². The highest BCUT2D eigenvalue weighted by molar-refractivity contribution is 7.09. The monoisotopic (exact) mass is 303 g/mol. The summed E-state index contributed by atoms with van der Waals surface area (Å²) < 4.78 is 5.32. The zero-order valence-electron chi connectivity index (χ0n) is 13.0. The van der Waals surface area contributed by atoms with Gasteiger partial charge in [0, 0.05) is 10.9 Å². The number of benzene rings is 1. The summed E-state index contributed by atoms with van der Waals surface area (Å²) in [4.78, 5) is 1.48. The summed E-state index contributed by atoms with van der Waals surface area (Å²) in [6, 6.07) is 13.3. The molecule has 0 aliphatic rings. The van der Waals surface area contributed by atoms with Crippen LogP contribution in [-0.2, 0) is 12.8 Å². The van der Waals surface area contributed by atoms with Gasteiger partial charge in [0.2, 0.25) is 0 Å². The van der Waals surface area contributed by atoms with Gasteiger partial charge in [0.05, 0.1) is 7.11 Å². The second-order valence-electron chi connectivity index (χ2n) is 5.32. The number of hydrogen-bond donors (Lipinski definition) is 1. The maximum absolute atomic E-state index is 5.32. The lowest BCUT2D eigenvalue weighted by Crippen LogP contribution is -2.32. The van der Waals surface area contributed by atoms with Gasteiger partial charge >= 0.3 is 0 Å². The molecule has 0 amide bonds. The Balaban J connectivity index is 1.94. The lowest BCUT2D eigenvalue weighted by Gasteiger charge is -2.18. The fourth-order valence-corrected chi connectivity index (χ4v) is 3.20. The molecule has 0 aliphatic carbocycles. The Kier molecular flexibility index (Phi) is 6.77. The quantitative estimate of drug-likeness (QED) is 0.745. The van der Waals surface area contributed by atoms with E-state index in [0.29, 0.717) is 6.04 Å². The van der Waals surface area contributed by atoms with Crippen LogP contribution in [0.25, 0.3) is 0 Å². The molecule has 1 aromatic heterocycles. The fourth-order valence-electron chi connectivity index (χ4n) is 2.48. The highest BCUT2D eigenvalue weighted by Gasteiger charge is 2.10. The summed E-state index contributed by atoms with van der Waals surface area (Å²) in [5.41, 5.74) is 1.34. The first-order chi connectivity index (χ1) is 10.3. The molecule has 1 atom stereocenters. The van der Waals surface area contributed by atoms with Crippen molar-refractivity contribution < 1.29 is 4.74 Å². The van der Waals surface area contributed by atoms with Crippen LogP contribution in [-0.4, -0.2) is 19.7 Å². The molecule has 1 aromatic carbocycles. The van der Waals surface area contributed by atoms with Crippen molar-refractivity contribution in [1.29, 1.82) is 0 Å². The molecule has 2 aromatic rings. The summed E-state index contributed by atoms with van der Waals surface area (Å²) in [7, 11) is 1.72. The molecule has 0 aliphatic heterocycles. The van der Waals surface area contributed by atoms with Gasteiger partial charge < -0.3 is 10.1 Å². The molecular weight excluding hydrogens is 278 g/mol. The van der Waals surface area contributed by atoms with Gasteiger partial charge in [-0.2, -0.15) is 0 Å². The van der Waals surface area contributed by atoms with E-state index < -0.39 is 0 Å². The zero-order valence-corrected chi connectivity index (χ0v) is 13.8. The van der Waals surface area contributed by atoms with E-state index in [2.05, 4.69) is 48.0 Å². The SMILES string of the molecule is CCCNC(CCc1cccs1)Cc1cccc(OC)c1. The van der Waals surface area contributed by atoms with Gasteiger partial charge in [0.15, 0.2) is 0 Å². The number of rotatable bonds is 9. The summed E-state index contributed by atoms with van der Waals surface area (Å²) >= 11 is 1.85. The van der Waals surface area contributed by atoms with E-state index in [1.165, 1.54) is 23.3 Å². The van der Waals surface area contributed by atoms with Gasteiger partial charge in [-0.05, 0) is 61.4 Å². The maximum atomic E-state index is 5.32. The van der Waals surface area contributed by atoms with Crippen LogP contribution < -0.4 is 10.1 Å². The fraction of sp³-hybridized carbons (Fsp3) is 0.444. The van der Waals surface area contributed by atoms with Crippen molar-refractivity contribution in [2.75, 3.05) is 13.7 Å². The molecule has 2 rings (SSSR count). The third kappa shape index (κ3) is 5.52. The van der Waals surface area contributed by atoms with E-state index in [0.717, 1.165) is 25.1 Å². The summed E-state index contributed by atoms with van der Waals surface area (Å²) in [5.74, 6) is 0.944. The predicted octanol–water partition coefficient (Wildman–Crippen LogP) is 4.30. The average Bonchev–Trinajstić information content (AvgIpc) is 3.03. The first-order valence-electron chi connectivity index (χ1n) is 7.70. The minimum atomic E-state index is 0.527. The molecule has 1 unspecified atom stereocenters. The molecule has 0 saturated heterocycles. The van der Waals surface area contributed by atoms with Gasteiger partial charge in [-0.25, -0.2) is 0 Å². The Bertz CT molecular complexity index is 510. The van der Waals surface area contributed by atoms with Crippen molar-refractivity contribution in [3.63, 3.8) is 0 Å². The average molecular weight is 303 g/mol. The Hall–Kier alpha value is -1.32. The third-order valence-corrected chi connectivity index (χ3v) is 4.55. The van der Waals surface area contributed by atoms with Crippen molar-refractivity contribution in [3.8, 4) is 5.75 Å². The van der Waals surface area contributed by atoms with Crippen molar-refractivity contribution >= 4 is 11.3 Å². The van der Waals surface area contributed by atoms with Crippen molar-refractivity contribution in [2.24, 2.45) is 0 Å². The Morgan fingerprint density at radius 3 is 2.86 bits per heavy atom. The van der Waals surface area contributed by atoms with Crippen LogP contribution in [0.4, 0.5) is 0 Å². The van der Waals surface area contributed by atoms with Crippen LogP contribution in [0, 0.1) is 0 Å². The maximum Gasteiger partial charge on any atom is 0.119 e. The first-order valence-corrected chi connectivity index (χ1v) is 8.58. The van der Waals surface area contributed by atoms with E-state index in [-0.39, 0.29) is 0 Å². The van der Waals surface area contributed by atoms with E-state index in [9.17, 15) is 0 Å². The molecule has 3 heteroatoms. The van der Waals surface area contributed by atoms with Gasteiger partial charge in [-0.15, -0.1) is 11.3 Å². The second-order valence-corrected chi connectivity index (χ2v) is 6.36. The van der Waals surface area contributed by atoms with Crippen LogP contribution in [0.3, 0.4) is 0 Å². The third-order valence-electron chi connectivity index (χ3n) is 3.62. The normalized spacial score (nSPS) is 12.3. The van der Waals surface area contributed by atoms with Gasteiger partial charge in [-0.1, -0.05) is 25.1 Å². The smallest absolute Gasteiger partial charge is 0.119 e. The number of ether oxygens (including phenoxy) is 1. The summed E-state index contributed by atoms with van der Waals surface area (Å²) in [6.45, 7) is 3.30. The number of methoxy groups -OCH3 is 1. The lowest BCUT2D eigenvalue weighted by molar-refractivity contribution is 0.413. The van der Waals surface area contributed by atoms with Crippen molar-refractivity contribution in [3.05, 3.63) is 52.2 Å². The molecule has 0 bridgehead atoms. The van der Waals surface area contributed by atoms with Gasteiger partial charge in [0.1, 0.15) is 5.75 Å². The van der Waals surface area contributed by atoms with Crippen LogP contribution in [0.5, 0.6) is 5.75 Å². The standard InChI is InChI=1S/C18H25NOS/c1-3-11-19-16(9-10-18-8-5-12-21-18)13-15-6-4-7-17(14-15)20-2/h4-8,12,14,16,19H,3,9-11,13H2,1-2H3. The summed E-state index contributed by atoms with van der Waals surface area (Å²) in [6.07, 6.45) is 4.57. The number of nitrogens with one attached hydrogen (secondary N) is 1. The van der Waals surface area contributed by atoms with Crippen molar-refractivity contribution in [2.45, 2.75) is 38.6 Å². The largest absolute Gasteiger partial charge is 0.497 e. The summed E-state index contributed by atoms with van der Waals surface area (Å²) in [5, 5.41) is 5.84. The molecule has 21 heavy (non-hydrogen) atoms. The molecule has 0 radical (unpaired) electrons. The number of thiophene rings is 1. The van der Waals surface area contributed by atoms with Crippen LogP contribution in [0.2, 0.25) is 0 Å². The van der Waals surface area contributed by atoms with Crippen molar-refractivity contribution in [1.82, 2.24) is 5.32 Å². The Labute approximate surface area is 132 Å². The molecule has 1 heterocycles. The molecule has 114 valence electrons. The number of hydrogen-bond acceptors (Lipinski definition) is 3. The van der Waals surface area contributed by atoms with Gasteiger partial charge in [-0.3, -0.25) is 0 Å².